The Morgan fingerprint density at radius 3 is 2.70 bits per heavy atom. The Morgan fingerprint density at radius 2 is 1.96 bits per heavy atom. The van der Waals surface area contributed by atoms with Crippen LogP contribution in [0.25, 0.3) is 0 Å². The molecule has 0 radical (unpaired) electrons. The molecule has 0 aliphatic rings. The maximum atomic E-state index is 11.5. The lowest BCUT2D eigenvalue weighted by atomic mass is 10.1. The van der Waals surface area contributed by atoms with Crippen LogP contribution < -0.4 is 10.1 Å². The molecule has 2 aromatic carbocycles. The summed E-state index contributed by atoms with van der Waals surface area (Å²) in [6.07, 6.45) is 0.536. The lowest BCUT2D eigenvalue weighted by Gasteiger charge is -2.14. The molecule has 0 heterocycles. The number of ether oxygens (including phenoxy) is 1. The number of hydrogen-bond acceptors (Lipinski definition) is 3. The van der Waals surface area contributed by atoms with Gasteiger partial charge < -0.3 is 15.2 Å². The van der Waals surface area contributed by atoms with Crippen molar-refractivity contribution >= 4 is 5.91 Å². The van der Waals surface area contributed by atoms with Crippen molar-refractivity contribution in [2.24, 2.45) is 0 Å². The van der Waals surface area contributed by atoms with Crippen molar-refractivity contribution in [3.05, 3.63) is 65.7 Å². The van der Waals surface area contributed by atoms with Crippen molar-refractivity contribution in [1.29, 1.82) is 0 Å². The van der Waals surface area contributed by atoms with Crippen LogP contribution in [-0.2, 0) is 11.4 Å². The molecule has 0 aliphatic carbocycles. The first kappa shape index (κ1) is 17.0. The third kappa shape index (κ3) is 5.75. The quantitative estimate of drug-likeness (QED) is 0.787. The van der Waals surface area contributed by atoms with Gasteiger partial charge in [0, 0.05) is 13.0 Å². The van der Waals surface area contributed by atoms with Crippen molar-refractivity contribution < 1.29 is 14.6 Å². The molecule has 0 saturated carbocycles. The minimum Gasteiger partial charge on any atom is -0.489 e. The maximum Gasteiger partial charge on any atom is 0.220 e. The second-order valence-electron chi connectivity index (χ2n) is 5.42. The highest BCUT2D eigenvalue weighted by atomic mass is 16.5. The normalized spacial score (nSPS) is 11.7. The van der Waals surface area contributed by atoms with Crippen molar-refractivity contribution in [2.75, 3.05) is 6.54 Å². The number of nitrogens with one attached hydrogen (secondary N) is 1. The summed E-state index contributed by atoms with van der Waals surface area (Å²) >= 11 is 0. The molecule has 2 N–H and O–H groups in total. The van der Waals surface area contributed by atoms with Gasteiger partial charge in [0.05, 0.1) is 6.10 Å². The minimum atomic E-state index is -0.740. The number of aliphatic hydroxyl groups excluding tert-OH is 1. The number of amides is 1. The Morgan fingerprint density at radius 1 is 1.17 bits per heavy atom. The summed E-state index contributed by atoms with van der Waals surface area (Å²) < 4.78 is 5.75. The van der Waals surface area contributed by atoms with Gasteiger partial charge in [0.15, 0.2) is 0 Å². The Hall–Kier alpha value is -2.33. The molecule has 0 saturated heterocycles. The van der Waals surface area contributed by atoms with Gasteiger partial charge in [0.25, 0.3) is 0 Å². The van der Waals surface area contributed by atoms with Crippen LogP contribution in [0.4, 0.5) is 0 Å². The van der Waals surface area contributed by atoms with Gasteiger partial charge >= 0.3 is 0 Å². The maximum absolute atomic E-state index is 11.5. The van der Waals surface area contributed by atoms with Crippen molar-refractivity contribution in [1.82, 2.24) is 5.32 Å². The number of carbonyl (C=O) groups is 1. The molecular formula is C19H23NO3. The standard InChI is InChI=1S/C19H23NO3/c1-2-7-19(22)20-13-18(21)16-10-6-11-17(12-16)23-14-15-8-4-3-5-9-15/h3-6,8-12,18,21H,2,7,13-14H2,1H3,(H,20,22). The van der Waals surface area contributed by atoms with E-state index in [-0.39, 0.29) is 12.5 Å². The van der Waals surface area contributed by atoms with E-state index in [0.717, 1.165) is 17.5 Å². The van der Waals surface area contributed by atoms with Crippen LogP contribution in [0.2, 0.25) is 0 Å². The zero-order valence-electron chi connectivity index (χ0n) is 13.4. The molecule has 0 bridgehead atoms. The van der Waals surface area contributed by atoms with Crippen LogP contribution in [-0.4, -0.2) is 17.6 Å². The zero-order valence-corrected chi connectivity index (χ0v) is 13.4. The second-order valence-corrected chi connectivity index (χ2v) is 5.42. The minimum absolute atomic E-state index is 0.0389. The molecule has 2 rings (SSSR count). The Bertz CT molecular complexity index is 613. The van der Waals surface area contributed by atoms with E-state index >= 15 is 0 Å². The topological polar surface area (TPSA) is 58.6 Å². The predicted octanol–water partition coefficient (Wildman–Crippen LogP) is 3.22. The molecule has 23 heavy (non-hydrogen) atoms. The van der Waals surface area contributed by atoms with E-state index in [1.165, 1.54) is 0 Å². The van der Waals surface area contributed by atoms with E-state index in [1.807, 2.05) is 55.5 Å². The van der Waals surface area contributed by atoms with Gasteiger partial charge in [-0.15, -0.1) is 0 Å². The molecule has 0 aliphatic heterocycles. The highest BCUT2D eigenvalue weighted by Gasteiger charge is 2.10. The first-order valence-corrected chi connectivity index (χ1v) is 7.90. The van der Waals surface area contributed by atoms with Crippen LogP contribution >= 0.6 is 0 Å². The van der Waals surface area contributed by atoms with Crippen LogP contribution in [0, 0.1) is 0 Å². The van der Waals surface area contributed by atoms with E-state index in [9.17, 15) is 9.90 Å². The monoisotopic (exact) mass is 313 g/mol. The summed E-state index contributed by atoms with van der Waals surface area (Å²) in [5, 5.41) is 12.9. The zero-order chi connectivity index (χ0) is 16.5. The summed E-state index contributed by atoms with van der Waals surface area (Å²) in [5.41, 5.74) is 1.82. The SMILES string of the molecule is CCCC(=O)NCC(O)c1cccc(OCc2ccccc2)c1. The van der Waals surface area contributed by atoms with E-state index in [0.29, 0.717) is 18.8 Å². The van der Waals surface area contributed by atoms with Crippen LogP contribution in [0.5, 0.6) is 5.75 Å². The summed E-state index contributed by atoms with van der Waals surface area (Å²) in [6, 6.07) is 17.2. The average molecular weight is 313 g/mol. The molecular weight excluding hydrogens is 290 g/mol. The lowest BCUT2D eigenvalue weighted by molar-refractivity contribution is -0.121. The fraction of sp³-hybridized carbons (Fsp3) is 0.316. The third-order valence-corrected chi connectivity index (χ3v) is 3.46. The van der Waals surface area contributed by atoms with Crippen molar-refractivity contribution in [3.63, 3.8) is 0 Å². The smallest absolute Gasteiger partial charge is 0.220 e. The fourth-order valence-corrected chi connectivity index (χ4v) is 2.20. The van der Waals surface area contributed by atoms with Crippen LogP contribution in [0.15, 0.2) is 54.6 Å². The molecule has 1 unspecified atom stereocenters. The summed E-state index contributed by atoms with van der Waals surface area (Å²) in [4.78, 5) is 11.5. The third-order valence-electron chi connectivity index (χ3n) is 3.46. The molecule has 0 aromatic heterocycles. The van der Waals surface area contributed by atoms with Gasteiger partial charge in [-0.1, -0.05) is 49.4 Å². The number of benzene rings is 2. The van der Waals surface area contributed by atoms with Gasteiger partial charge in [-0.25, -0.2) is 0 Å². The molecule has 1 amide bonds. The van der Waals surface area contributed by atoms with E-state index in [2.05, 4.69) is 5.32 Å². The summed E-state index contributed by atoms with van der Waals surface area (Å²) in [6.45, 7) is 2.64. The van der Waals surface area contributed by atoms with Crippen LogP contribution in [0.3, 0.4) is 0 Å². The number of carbonyl (C=O) groups excluding carboxylic acids is 1. The molecule has 2 aromatic rings. The molecule has 0 spiro atoms. The Kier molecular flexibility index (Phi) is 6.63. The molecule has 4 heteroatoms. The van der Waals surface area contributed by atoms with Gasteiger partial charge in [0.2, 0.25) is 5.91 Å². The van der Waals surface area contributed by atoms with Crippen LogP contribution in [0.1, 0.15) is 37.0 Å². The Balaban J connectivity index is 1.89. The van der Waals surface area contributed by atoms with E-state index in [1.54, 1.807) is 6.07 Å². The van der Waals surface area contributed by atoms with Gasteiger partial charge in [-0.05, 0) is 29.7 Å². The first-order valence-electron chi connectivity index (χ1n) is 7.90. The Labute approximate surface area is 137 Å². The fourth-order valence-electron chi connectivity index (χ4n) is 2.20. The number of rotatable bonds is 8. The highest BCUT2D eigenvalue weighted by molar-refractivity contribution is 5.75. The van der Waals surface area contributed by atoms with Crippen molar-refractivity contribution in [2.45, 2.75) is 32.5 Å². The van der Waals surface area contributed by atoms with Gasteiger partial charge in [0.1, 0.15) is 12.4 Å². The lowest BCUT2D eigenvalue weighted by Crippen LogP contribution is -2.27. The van der Waals surface area contributed by atoms with Crippen molar-refractivity contribution in [3.8, 4) is 5.75 Å². The molecule has 0 fully saturated rings. The highest BCUT2D eigenvalue weighted by Crippen LogP contribution is 2.20. The summed E-state index contributed by atoms with van der Waals surface area (Å²) in [7, 11) is 0. The molecule has 122 valence electrons. The molecule has 1 atom stereocenters. The summed E-state index contributed by atoms with van der Waals surface area (Å²) in [5.74, 6) is 0.660. The van der Waals surface area contributed by atoms with Gasteiger partial charge in [-0.2, -0.15) is 0 Å². The second kappa shape index (κ2) is 8.96. The van der Waals surface area contributed by atoms with E-state index < -0.39 is 6.10 Å². The van der Waals surface area contributed by atoms with Gasteiger partial charge in [-0.3, -0.25) is 4.79 Å². The number of aliphatic hydroxyl groups is 1. The average Bonchev–Trinajstić information content (AvgIpc) is 2.59. The van der Waals surface area contributed by atoms with E-state index in [4.69, 9.17) is 4.74 Å². The number of hydrogen-bond donors (Lipinski definition) is 2. The molecule has 4 nitrogen and oxygen atoms in total. The first-order chi connectivity index (χ1) is 11.2. The predicted molar refractivity (Wildman–Crippen MR) is 90.1 cm³/mol. The largest absolute Gasteiger partial charge is 0.489 e.